The molecule has 3 aromatic rings. The smallest absolute Gasteiger partial charge is 0.252 e. The van der Waals surface area contributed by atoms with E-state index in [9.17, 15) is 9.59 Å². The average Bonchev–Trinajstić information content (AvgIpc) is 3.22. The zero-order valence-electron chi connectivity index (χ0n) is 16.2. The van der Waals surface area contributed by atoms with E-state index in [1.165, 1.54) is 16.7 Å². The second kappa shape index (κ2) is 7.03. The number of anilines is 1. The third kappa shape index (κ3) is 3.13. The van der Waals surface area contributed by atoms with Crippen molar-refractivity contribution in [2.24, 2.45) is 4.99 Å². The van der Waals surface area contributed by atoms with Crippen LogP contribution in [-0.2, 0) is 9.59 Å². The van der Waals surface area contributed by atoms with Gasteiger partial charge in [-0.25, -0.2) is 4.98 Å². The van der Waals surface area contributed by atoms with Crippen molar-refractivity contribution in [1.29, 1.82) is 0 Å². The first kappa shape index (κ1) is 18.4. The summed E-state index contributed by atoms with van der Waals surface area (Å²) in [5, 5.41) is 7.62. The first-order valence-electron chi connectivity index (χ1n) is 9.55. The van der Waals surface area contributed by atoms with Crippen molar-refractivity contribution < 1.29 is 9.59 Å². The average molecular weight is 414 g/mol. The van der Waals surface area contributed by atoms with Crippen LogP contribution in [0.2, 0.25) is 0 Å². The molecular weight excluding hydrogens is 396 g/mol. The maximum absolute atomic E-state index is 13.2. The van der Waals surface area contributed by atoms with Crippen LogP contribution >= 0.6 is 11.3 Å². The number of nitrogens with zero attached hydrogens (tertiary/aromatic N) is 3. The molecule has 0 saturated heterocycles. The number of aromatic nitrogens is 1. The molecule has 1 aromatic heterocycles. The Morgan fingerprint density at radius 1 is 1.17 bits per heavy atom. The van der Waals surface area contributed by atoms with Crippen LogP contribution in [0, 0.1) is 0 Å². The second-order valence-corrected chi connectivity index (χ2v) is 8.30. The van der Waals surface area contributed by atoms with Gasteiger partial charge in [0, 0.05) is 17.1 Å². The van der Waals surface area contributed by atoms with Gasteiger partial charge in [-0.2, -0.15) is 4.99 Å². The Labute approximate surface area is 177 Å². The minimum absolute atomic E-state index is 0.00339. The Hall–Kier alpha value is -3.58. The molecule has 1 unspecified atom stereocenters. The van der Waals surface area contributed by atoms with E-state index in [-0.39, 0.29) is 18.2 Å². The van der Waals surface area contributed by atoms with E-state index in [1.807, 2.05) is 29.7 Å². The van der Waals surface area contributed by atoms with Crippen LogP contribution < -0.4 is 5.32 Å². The number of aliphatic imine (C=N–C) groups is 1. The normalized spacial score (nSPS) is 20.2. The molecule has 0 saturated carbocycles. The van der Waals surface area contributed by atoms with Gasteiger partial charge in [0.25, 0.3) is 11.8 Å². The van der Waals surface area contributed by atoms with Crippen LogP contribution in [0.3, 0.4) is 0 Å². The number of allylic oxidation sites excluding steroid dienone is 2. The molecule has 30 heavy (non-hydrogen) atoms. The third-order valence-corrected chi connectivity index (χ3v) is 6.12. The van der Waals surface area contributed by atoms with Crippen molar-refractivity contribution in [1.82, 2.24) is 9.88 Å². The van der Waals surface area contributed by atoms with Gasteiger partial charge in [0.05, 0.1) is 12.1 Å². The molecule has 2 aliphatic rings. The van der Waals surface area contributed by atoms with Gasteiger partial charge in [-0.3, -0.25) is 14.9 Å². The van der Waals surface area contributed by atoms with Crippen molar-refractivity contribution >= 4 is 44.9 Å². The molecule has 0 fully saturated rings. The number of amidine groups is 1. The molecule has 1 atom stereocenters. The number of hydrogen-bond acceptors (Lipinski definition) is 5. The number of hydrogen-bond donors (Lipinski definition) is 1. The van der Waals surface area contributed by atoms with E-state index < -0.39 is 5.54 Å². The first-order chi connectivity index (χ1) is 14.5. The quantitative estimate of drug-likeness (QED) is 0.690. The largest absolute Gasteiger partial charge is 0.317 e. The van der Waals surface area contributed by atoms with Crippen molar-refractivity contribution in [3.8, 4) is 11.3 Å². The highest BCUT2D eigenvalue weighted by molar-refractivity contribution is 7.14. The zero-order chi connectivity index (χ0) is 20.7. The number of carbonyl (C=O) groups excluding carboxylic acids is 2. The van der Waals surface area contributed by atoms with Crippen LogP contribution in [0.15, 0.2) is 77.3 Å². The molecule has 0 spiro atoms. The molecule has 2 aromatic carbocycles. The van der Waals surface area contributed by atoms with Gasteiger partial charge in [0.1, 0.15) is 11.4 Å². The Bertz CT molecular complexity index is 1270. The molecule has 0 radical (unpaired) electrons. The van der Waals surface area contributed by atoms with E-state index in [1.54, 1.807) is 30.2 Å². The molecule has 2 amide bonds. The molecule has 1 N–H and O–H groups in total. The predicted molar refractivity (Wildman–Crippen MR) is 119 cm³/mol. The summed E-state index contributed by atoms with van der Waals surface area (Å²) in [6.07, 6.45) is 7.12. The zero-order valence-corrected chi connectivity index (χ0v) is 17.0. The van der Waals surface area contributed by atoms with E-state index >= 15 is 0 Å². The van der Waals surface area contributed by atoms with E-state index in [2.05, 4.69) is 39.6 Å². The lowest BCUT2D eigenvalue weighted by Gasteiger charge is -2.41. The summed E-state index contributed by atoms with van der Waals surface area (Å²) in [5.41, 5.74) is 0.724. The lowest BCUT2D eigenvalue weighted by molar-refractivity contribution is -0.130. The highest BCUT2D eigenvalue weighted by Crippen LogP contribution is 2.31. The van der Waals surface area contributed by atoms with Gasteiger partial charge in [-0.1, -0.05) is 42.5 Å². The third-order valence-electron chi connectivity index (χ3n) is 5.36. The highest BCUT2D eigenvalue weighted by Gasteiger charge is 2.45. The molecule has 6 nitrogen and oxygen atoms in total. The highest BCUT2D eigenvalue weighted by atomic mass is 32.1. The summed E-state index contributed by atoms with van der Waals surface area (Å²) in [6.45, 7) is 1.75. The van der Waals surface area contributed by atoms with E-state index in [4.69, 9.17) is 0 Å². The minimum Gasteiger partial charge on any atom is -0.317 e. The number of carbonyl (C=O) groups is 2. The first-order valence-corrected chi connectivity index (χ1v) is 10.4. The molecule has 7 heteroatoms. The maximum atomic E-state index is 13.2. The second-order valence-electron chi connectivity index (χ2n) is 7.44. The number of fused-ring (bicyclic) bond motifs is 2. The molecule has 3 heterocycles. The topological polar surface area (TPSA) is 74.7 Å². The number of nitrogens with one attached hydrogen (secondary N) is 1. The number of amides is 2. The molecule has 5 rings (SSSR count). The van der Waals surface area contributed by atoms with Crippen molar-refractivity contribution in [2.45, 2.75) is 18.9 Å². The minimum atomic E-state index is -1.07. The lowest BCUT2D eigenvalue weighted by Crippen LogP contribution is -2.58. The van der Waals surface area contributed by atoms with Crippen LogP contribution in [0.4, 0.5) is 5.13 Å². The summed E-state index contributed by atoms with van der Waals surface area (Å²) >= 11 is 1.36. The van der Waals surface area contributed by atoms with Gasteiger partial charge in [0.15, 0.2) is 5.13 Å². The summed E-state index contributed by atoms with van der Waals surface area (Å²) in [7, 11) is 0. The van der Waals surface area contributed by atoms with E-state index in [0.717, 1.165) is 16.6 Å². The number of rotatable bonds is 3. The van der Waals surface area contributed by atoms with Crippen molar-refractivity contribution in [3.63, 3.8) is 0 Å². The van der Waals surface area contributed by atoms with Gasteiger partial charge >= 0.3 is 0 Å². The molecule has 0 aliphatic carbocycles. The van der Waals surface area contributed by atoms with Gasteiger partial charge in [0.2, 0.25) is 0 Å². The van der Waals surface area contributed by atoms with Crippen LogP contribution in [0.25, 0.3) is 22.0 Å². The van der Waals surface area contributed by atoms with Crippen molar-refractivity contribution in [3.05, 3.63) is 72.3 Å². The Morgan fingerprint density at radius 3 is 2.87 bits per heavy atom. The summed E-state index contributed by atoms with van der Waals surface area (Å²) in [5.74, 6) is -0.125. The maximum Gasteiger partial charge on any atom is 0.252 e. The van der Waals surface area contributed by atoms with Gasteiger partial charge in [-0.15, -0.1) is 11.3 Å². The Kier molecular flexibility index (Phi) is 4.33. The lowest BCUT2D eigenvalue weighted by atomic mass is 9.91. The van der Waals surface area contributed by atoms with Crippen LogP contribution in [-0.4, -0.2) is 33.1 Å². The predicted octanol–water partition coefficient (Wildman–Crippen LogP) is 4.37. The Morgan fingerprint density at radius 2 is 2.00 bits per heavy atom. The summed E-state index contributed by atoms with van der Waals surface area (Å²) in [4.78, 5) is 35.6. The number of benzene rings is 2. The van der Waals surface area contributed by atoms with Crippen molar-refractivity contribution in [2.75, 3.05) is 5.32 Å². The van der Waals surface area contributed by atoms with Gasteiger partial charge in [-0.05, 0) is 35.9 Å². The van der Waals surface area contributed by atoms with Gasteiger partial charge < -0.3 is 4.90 Å². The molecule has 2 aliphatic heterocycles. The summed E-state index contributed by atoms with van der Waals surface area (Å²) < 4.78 is 0. The monoisotopic (exact) mass is 414 g/mol. The molecular formula is C23H18N4O2S. The van der Waals surface area contributed by atoms with Crippen LogP contribution in [0.1, 0.15) is 13.3 Å². The fourth-order valence-corrected chi connectivity index (χ4v) is 4.44. The SMILES string of the molecule is CC1(C(=O)Nc2nc(-c3ccc4ccccc4c3)cs2)CC(=O)N=C2C=CC=CN21. The molecule has 148 valence electrons. The molecule has 0 bridgehead atoms. The van der Waals surface area contributed by atoms with Crippen LogP contribution in [0.5, 0.6) is 0 Å². The number of thiazole rings is 1. The fourth-order valence-electron chi connectivity index (χ4n) is 3.72. The summed E-state index contributed by atoms with van der Waals surface area (Å²) in [6, 6.07) is 14.3. The standard InChI is InChI=1S/C23H18N4O2S/c1-23(13-20(28)25-19-8-4-5-11-27(19)23)21(29)26-22-24-18(14-30-22)17-10-9-15-6-2-3-7-16(15)12-17/h2-12,14H,13H2,1H3,(H,24,26,29). The van der Waals surface area contributed by atoms with E-state index in [0.29, 0.717) is 11.0 Å². The Balaban J connectivity index is 1.40. The fraction of sp³-hybridized carbons (Fsp3) is 0.130.